The van der Waals surface area contributed by atoms with Gasteiger partial charge in [-0.2, -0.15) is 0 Å². The van der Waals surface area contributed by atoms with Gasteiger partial charge in [0.15, 0.2) is 0 Å². The van der Waals surface area contributed by atoms with Crippen LogP contribution in [0.15, 0.2) is 18.3 Å². The summed E-state index contributed by atoms with van der Waals surface area (Å²) in [7, 11) is 0. The number of aromatic nitrogens is 1. The molecule has 0 aliphatic carbocycles. The van der Waals surface area contributed by atoms with Crippen LogP contribution in [0.1, 0.15) is 43.9 Å². The highest BCUT2D eigenvalue weighted by Crippen LogP contribution is 2.33. The van der Waals surface area contributed by atoms with Crippen molar-refractivity contribution in [3.8, 4) is 0 Å². The largest absolute Gasteiger partial charge is 0.355 e. The summed E-state index contributed by atoms with van der Waals surface area (Å²) in [5.41, 5.74) is 0. The second kappa shape index (κ2) is 8.78. The average Bonchev–Trinajstić information content (AvgIpc) is 3.09. The Labute approximate surface area is 172 Å². The van der Waals surface area contributed by atoms with E-state index in [2.05, 4.69) is 46.1 Å². The third-order valence-corrected chi connectivity index (χ3v) is 7.29. The lowest BCUT2D eigenvalue weighted by Gasteiger charge is -2.34. The van der Waals surface area contributed by atoms with Crippen LogP contribution >= 0.6 is 11.3 Å². The maximum Gasteiger partial charge on any atom is 0.224 e. The molecule has 2 fully saturated rings. The summed E-state index contributed by atoms with van der Waals surface area (Å²) in [6.07, 6.45) is 7.83. The van der Waals surface area contributed by atoms with Gasteiger partial charge in [0, 0.05) is 53.4 Å². The van der Waals surface area contributed by atoms with E-state index in [9.17, 15) is 4.79 Å². The summed E-state index contributed by atoms with van der Waals surface area (Å²) in [5, 5.41) is 4.43. The van der Waals surface area contributed by atoms with Gasteiger partial charge in [-0.3, -0.25) is 9.69 Å². The molecule has 0 radical (unpaired) electrons. The summed E-state index contributed by atoms with van der Waals surface area (Å²) in [5.74, 6) is 1.31. The van der Waals surface area contributed by atoms with E-state index in [-0.39, 0.29) is 11.8 Å². The molecule has 1 amide bonds. The first-order valence-corrected chi connectivity index (χ1v) is 11.6. The number of nitrogens with one attached hydrogen (secondary N) is 1. The van der Waals surface area contributed by atoms with E-state index in [0.717, 1.165) is 44.8 Å². The van der Waals surface area contributed by atoms with Crippen molar-refractivity contribution in [3.05, 3.63) is 23.2 Å². The van der Waals surface area contributed by atoms with Crippen LogP contribution < -0.4 is 10.2 Å². The molecule has 0 spiro atoms. The Kier molecular flexibility index (Phi) is 6.16. The second-order valence-corrected chi connectivity index (χ2v) is 9.65. The maximum absolute atomic E-state index is 12.8. The van der Waals surface area contributed by atoms with E-state index in [1.54, 1.807) is 0 Å². The molecule has 28 heavy (non-hydrogen) atoms. The minimum Gasteiger partial charge on any atom is -0.355 e. The van der Waals surface area contributed by atoms with E-state index in [0.29, 0.717) is 6.04 Å². The van der Waals surface area contributed by atoms with E-state index < -0.39 is 0 Å². The zero-order valence-corrected chi connectivity index (χ0v) is 17.9. The Hall–Kier alpha value is -1.66. The first kappa shape index (κ1) is 19.6. The lowest BCUT2D eigenvalue weighted by atomic mass is 9.97. The zero-order valence-electron chi connectivity index (χ0n) is 17.1. The van der Waals surface area contributed by atoms with Gasteiger partial charge in [-0.1, -0.05) is 6.42 Å². The number of fused-ring (bicyclic) bond motifs is 1. The van der Waals surface area contributed by atoms with Crippen LogP contribution in [-0.4, -0.2) is 54.6 Å². The van der Waals surface area contributed by atoms with Crippen LogP contribution in [-0.2, 0) is 4.79 Å². The highest BCUT2D eigenvalue weighted by molar-refractivity contribution is 7.19. The number of pyridine rings is 1. The number of amides is 1. The Balaban J connectivity index is 1.34. The lowest BCUT2D eigenvalue weighted by Crippen LogP contribution is -2.46. The monoisotopic (exact) mass is 400 g/mol. The third-order valence-electron chi connectivity index (χ3n) is 6.28. The lowest BCUT2D eigenvalue weighted by molar-refractivity contribution is -0.125. The molecule has 2 aliphatic rings. The number of anilines is 1. The first-order chi connectivity index (χ1) is 13.6. The number of hydrogen-bond donors (Lipinski definition) is 1. The van der Waals surface area contributed by atoms with Crippen molar-refractivity contribution in [1.29, 1.82) is 0 Å². The van der Waals surface area contributed by atoms with Crippen molar-refractivity contribution in [2.24, 2.45) is 5.92 Å². The minimum atomic E-state index is 0.0596. The molecule has 2 unspecified atom stereocenters. The number of hydrogen-bond acceptors (Lipinski definition) is 5. The highest BCUT2D eigenvalue weighted by Gasteiger charge is 2.27. The van der Waals surface area contributed by atoms with Crippen LogP contribution in [0.25, 0.3) is 10.1 Å². The number of carbonyl (C=O) groups is 1. The van der Waals surface area contributed by atoms with Crippen molar-refractivity contribution >= 4 is 33.1 Å². The second-order valence-electron chi connectivity index (χ2n) is 8.36. The van der Waals surface area contributed by atoms with Crippen molar-refractivity contribution in [2.75, 3.05) is 37.6 Å². The van der Waals surface area contributed by atoms with Gasteiger partial charge in [0.1, 0.15) is 5.82 Å². The molecule has 2 aromatic rings. The average molecular weight is 401 g/mol. The Bertz CT molecular complexity index is 820. The van der Waals surface area contributed by atoms with Gasteiger partial charge in [-0.15, -0.1) is 11.3 Å². The van der Waals surface area contributed by atoms with Gasteiger partial charge in [-0.05, 0) is 58.2 Å². The molecule has 5 nitrogen and oxygen atoms in total. The number of carbonyl (C=O) groups excluding carboxylic acids is 1. The number of likely N-dealkylation sites (tertiary alicyclic amines) is 1. The van der Waals surface area contributed by atoms with Gasteiger partial charge in [0.25, 0.3) is 0 Å². The first-order valence-electron chi connectivity index (χ1n) is 10.7. The predicted octanol–water partition coefficient (Wildman–Crippen LogP) is 3.81. The molecule has 6 heteroatoms. The predicted molar refractivity (Wildman–Crippen MR) is 117 cm³/mol. The topological polar surface area (TPSA) is 48.5 Å². The number of nitrogens with zero attached hydrogens (tertiary/aromatic N) is 3. The smallest absolute Gasteiger partial charge is 0.224 e. The highest BCUT2D eigenvalue weighted by atomic mass is 32.1. The van der Waals surface area contributed by atoms with Crippen molar-refractivity contribution in [3.63, 3.8) is 0 Å². The Morgan fingerprint density at radius 2 is 2.18 bits per heavy atom. The maximum atomic E-state index is 12.8. The van der Waals surface area contributed by atoms with Gasteiger partial charge >= 0.3 is 0 Å². The zero-order chi connectivity index (χ0) is 19.5. The van der Waals surface area contributed by atoms with Crippen molar-refractivity contribution in [2.45, 2.75) is 52.0 Å². The molecule has 0 saturated carbocycles. The minimum absolute atomic E-state index is 0.0596. The molecule has 2 aromatic heterocycles. The Morgan fingerprint density at radius 1 is 1.29 bits per heavy atom. The normalized spacial score (nSPS) is 23.9. The summed E-state index contributed by atoms with van der Waals surface area (Å²) < 4.78 is 1.28. The SMILES string of the molecule is Cc1cc2c(N3CCCC(C(=O)NCCN4CCCCC4C)C3)nccc2s1. The van der Waals surface area contributed by atoms with E-state index >= 15 is 0 Å². The van der Waals surface area contributed by atoms with Crippen LogP contribution in [0.5, 0.6) is 0 Å². The standard InChI is InChI=1S/C22H32N4OS/c1-16-6-3-4-11-25(16)13-10-24-22(27)18-7-5-12-26(15-18)21-19-14-17(2)28-20(19)8-9-23-21/h8-9,14,16,18H,3-7,10-13,15H2,1-2H3,(H,24,27). The van der Waals surface area contributed by atoms with E-state index in [1.807, 2.05) is 17.5 Å². The van der Waals surface area contributed by atoms with E-state index in [4.69, 9.17) is 0 Å². The molecule has 2 aliphatic heterocycles. The molecule has 0 bridgehead atoms. The Morgan fingerprint density at radius 3 is 3.04 bits per heavy atom. The van der Waals surface area contributed by atoms with Crippen LogP contribution in [0.4, 0.5) is 5.82 Å². The van der Waals surface area contributed by atoms with Crippen LogP contribution in [0.3, 0.4) is 0 Å². The van der Waals surface area contributed by atoms with Gasteiger partial charge in [0.05, 0.1) is 5.92 Å². The molecule has 2 saturated heterocycles. The molecule has 2 atom stereocenters. The third kappa shape index (κ3) is 4.33. The fraction of sp³-hybridized carbons (Fsp3) is 0.636. The molecule has 4 heterocycles. The number of piperidine rings is 2. The van der Waals surface area contributed by atoms with Crippen molar-refractivity contribution in [1.82, 2.24) is 15.2 Å². The summed E-state index contributed by atoms with van der Waals surface area (Å²) in [6.45, 7) is 9.10. The van der Waals surface area contributed by atoms with Crippen LogP contribution in [0.2, 0.25) is 0 Å². The number of thiophene rings is 1. The fourth-order valence-electron chi connectivity index (χ4n) is 4.67. The number of rotatable bonds is 5. The molecule has 0 aromatic carbocycles. The van der Waals surface area contributed by atoms with Gasteiger partial charge < -0.3 is 10.2 Å². The summed E-state index contributed by atoms with van der Waals surface area (Å²) in [6, 6.07) is 4.97. The van der Waals surface area contributed by atoms with Gasteiger partial charge in [-0.25, -0.2) is 4.98 Å². The quantitative estimate of drug-likeness (QED) is 0.829. The number of aryl methyl sites for hydroxylation is 1. The molecule has 1 N–H and O–H groups in total. The van der Waals surface area contributed by atoms with Crippen LogP contribution in [0, 0.1) is 12.8 Å². The van der Waals surface area contributed by atoms with Crippen molar-refractivity contribution < 1.29 is 4.79 Å². The molecular formula is C22H32N4OS. The molecular weight excluding hydrogens is 368 g/mol. The van der Waals surface area contributed by atoms with Gasteiger partial charge in [0.2, 0.25) is 5.91 Å². The van der Waals surface area contributed by atoms with E-state index in [1.165, 1.54) is 40.8 Å². The summed E-state index contributed by atoms with van der Waals surface area (Å²) >= 11 is 1.81. The molecule has 4 rings (SSSR count). The fourth-order valence-corrected chi connectivity index (χ4v) is 5.58. The summed E-state index contributed by atoms with van der Waals surface area (Å²) in [4.78, 5) is 23.6. The molecule has 152 valence electrons.